The number of ether oxygens (including phenoxy) is 3. The number of benzene rings is 2. The largest absolute Gasteiger partial charge is 0.459 e. The fourth-order valence-electron chi connectivity index (χ4n) is 3.50. The quantitative estimate of drug-likeness (QED) is 0.413. The molecule has 1 aliphatic rings. The molecule has 7 heteroatoms. The molecule has 0 spiro atoms. The van der Waals surface area contributed by atoms with Crippen LogP contribution in [-0.4, -0.2) is 30.8 Å². The molecule has 2 aromatic carbocycles. The fraction of sp³-hybridized carbons (Fsp3) is 0.280. The summed E-state index contributed by atoms with van der Waals surface area (Å²) in [6.07, 6.45) is -1.24. The van der Waals surface area contributed by atoms with Gasteiger partial charge in [0.25, 0.3) is 0 Å². The van der Waals surface area contributed by atoms with Crippen LogP contribution in [0.25, 0.3) is 0 Å². The van der Waals surface area contributed by atoms with Crippen LogP contribution in [-0.2, 0) is 14.2 Å². The summed E-state index contributed by atoms with van der Waals surface area (Å²) in [6.45, 7) is 3.85. The maximum absolute atomic E-state index is 12.7. The van der Waals surface area contributed by atoms with Crippen LogP contribution in [0.3, 0.4) is 0 Å². The van der Waals surface area contributed by atoms with E-state index in [0.717, 1.165) is 11.1 Å². The molecule has 3 aromatic rings. The zero-order chi connectivity index (χ0) is 22.7. The highest BCUT2D eigenvalue weighted by Gasteiger charge is 2.41. The number of hydrogen-bond donors (Lipinski definition) is 0. The zero-order valence-electron chi connectivity index (χ0n) is 17.7. The van der Waals surface area contributed by atoms with Crippen LogP contribution in [0, 0.1) is 13.8 Å². The van der Waals surface area contributed by atoms with E-state index in [1.807, 2.05) is 38.1 Å². The summed E-state index contributed by atoms with van der Waals surface area (Å²) in [7, 11) is 0. The van der Waals surface area contributed by atoms with Crippen molar-refractivity contribution in [2.75, 3.05) is 6.61 Å². The summed E-state index contributed by atoms with van der Waals surface area (Å²) in [5.74, 6) is -0.295. The Kier molecular flexibility index (Phi) is 6.77. The summed E-state index contributed by atoms with van der Waals surface area (Å²) in [5.41, 5.74) is 3.01. The van der Waals surface area contributed by atoms with Crippen LogP contribution in [0.5, 0.6) is 0 Å². The number of furan rings is 1. The van der Waals surface area contributed by atoms with Gasteiger partial charge in [0.15, 0.2) is 4.67 Å². The molecule has 1 aromatic heterocycles. The molecule has 0 N–H and O–H groups in total. The van der Waals surface area contributed by atoms with Gasteiger partial charge in [-0.1, -0.05) is 35.4 Å². The minimum absolute atomic E-state index is 0.0447. The molecule has 6 nitrogen and oxygen atoms in total. The number of carbonyl (C=O) groups is 2. The van der Waals surface area contributed by atoms with E-state index >= 15 is 0 Å². The summed E-state index contributed by atoms with van der Waals surface area (Å²) in [4.78, 5) is 25.1. The van der Waals surface area contributed by atoms with Crippen LogP contribution in [0.4, 0.5) is 0 Å². The third-order valence-electron chi connectivity index (χ3n) is 5.32. The Morgan fingerprint density at radius 3 is 2.06 bits per heavy atom. The highest BCUT2D eigenvalue weighted by Crippen LogP contribution is 2.37. The lowest BCUT2D eigenvalue weighted by Crippen LogP contribution is -2.32. The first kappa shape index (κ1) is 22.3. The molecule has 0 saturated carbocycles. The second-order valence-electron chi connectivity index (χ2n) is 7.82. The smallest absolute Gasteiger partial charge is 0.338 e. The van der Waals surface area contributed by atoms with E-state index in [4.69, 9.17) is 18.6 Å². The maximum Gasteiger partial charge on any atom is 0.338 e. The monoisotopic (exact) mass is 498 g/mol. The van der Waals surface area contributed by atoms with E-state index in [-0.39, 0.29) is 6.61 Å². The molecule has 166 valence electrons. The van der Waals surface area contributed by atoms with Gasteiger partial charge in [0.05, 0.1) is 11.1 Å². The summed E-state index contributed by atoms with van der Waals surface area (Å²) in [6, 6.07) is 17.8. The second kappa shape index (κ2) is 9.71. The first-order valence-corrected chi connectivity index (χ1v) is 11.1. The Morgan fingerprint density at radius 1 is 0.906 bits per heavy atom. The van der Waals surface area contributed by atoms with Crippen molar-refractivity contribution in [3.63, 3.8) is 0 Å². The molecular formula is C25H23BrO6. The van der Waals surface area contributed by atoms with Crippen LogP contribution in [0.2, 0.25) is 0 Å². The van der Waals surface area contributed by atoms with Crippen LogP contribution >= 0.6 is 15.9 Å². The van der Waals surface area contributed by atoms with E-state index in [1.54, 1.807) is 36.4 Å². The molecule has 3 atom stereocenters. The number of rotatable bonds is 6. The van der Waals surface area contributed by atoms with Crippen LogP contribution < -0.4 is 0 Å². The van der Waals surface area contributed by atoms with E-state index in [1.165, 1.54) is 0 Å². The molecule has 0 amide bonds. The number of hydrogen-bond acceptors (Lipinski definition) is 6. The van der Waals surface area contributed by atoms with Gasteiger partial charge in [0.1, 0.15) is 30.7 Å². The Labute approximate surface area is 194 Å². The van der Waals surface area contributed by atoms with Crippen molar-refractivity contribution in [1.29, 1.82) is 0 Å². The lowest BCUT2D eigenvalue weighted by Gasteiger charge is -2.19. The molecule has 0 bridgehead atoms. The Balaban J connectivity index is 1.46. The molecule has 32 heavy (non-hydrogen) atoms. The van der Waals surface area contributed by atoms with Crippen molar-refractivity contribution in [1.82, 2.24) is 0 Å². The average molecular weight is 499 g/mol. The van der Waals surface area contributed by atoms with E-state index < -0.39 is 30.3 Å². The third-order valence-corrected chi connectivity index (χ3v) is 5.75. The maximum atomic E-state index is 12.7. The molecule has 0 unspecified atom stereocenters. The number of aryl methyl sites for hydroxylation is 2. The van der Waals surface area contributed by atoms with Crippen LogP contribution in [0.1, 0.15) is 50.1 Å². The standard InChI is InChI=1S/C25H23BrO6/c1-15-3-7-17(8-4-15)24(27)29-14-22-21(13-20(30-22)19-11-12-23(26)31-19)32-25(28)18-9-5-16(2)6-10-18/h3-12,20-22H,13-14H2,1-2H3/t20-,21+,22-/m1/s1. The molecule has 4 rings (SSSR count). The first-order valence-electron chi connectivity index (χ1n) is 10.3. The summed E-state index contributed by atoms with van der Waals surface area (Å²) in [5, 5.41) is 0. The van der Waals surface area contributed by atoms with Crippen molar-refractivity contribution >= 4 is 27.9 Å². The molecule has 1 saturated heterocycles. The van der Waals surface area contributed by atoms with Crippen LogP contribution in [0.15, 0.2) is 69.8 Å². The van der Waals surface area contributed by atoms with Gasteiger partial charge in [0, 0.05) is 6.42 Å². The van der Waals surface area contributed by atoms with Gasteiger partial charge in [-0.05, 0) is 66.2 Å². The fourth-order valence-corrected chi connectivity index (χ4v) is 3.82. The van der Waals surface area contributed by atoms with Gasteiger partial charge in [-0.15, -0.1) is 0 Å². The van der Waals surface area contributed by atoms with Gasteiger partial charge >= 0.3 is 11.9 Å². The Bertz CT molecular complexity index is 1090. The highest BCUT2D eigenvalue weighted by molar-refractivity contribution is 9.10. The lowest BCUT2D eigenvalue weighted by atomic mass is 10.1. The first-order chi connectivity index (χ1) is 15.4. The van der Waals surface area contributed by atoms with Crippen molar-refractivity contribution < 1.29 is 28.2 Å². The van der Waals surface area contributed by atoms with Crippen molar-refractivity contribution in [3.05, 3.63) is 93.3 Å². The molecule has 0 radical (unpaired) electrons. The van der Waals surface area contributed by atoms with E-state index in [0.29, 0.717) is 28.0 Å². The van der Waals surface area contributed by atoms with Crippen molar-refractivity contribution in [2.45, 2.75) is 38.6 Å². The van der Waals surface area contributed by atoms with Gasteiger partial charge < -0.3 is 18.6 Å². The minimum atomic E-state index is -0.618. The van der Waals surface area contributed by atoms with Gasteiger partial charge in [-0.25, -0.2) is 9.59 Å². The molecule has 2 heterocycles. The van der Waals surface area contributed by atoms with E-state index in [2.05, 4.69) is 15.9 Å². The van der Waals surface area contributed by atoms with Gasteiger partial charge in [0.2, 0.25) is 0 Å². The number of esters is 2. The Morgan fingerprint density at radius 2 is 1.50 bits per heavy atom. The predicted octanol–water partition coefficient (Wildman–Crippen LogP) is 5.57. The number of halogens is 1. The summed E-state index contributed by atoms with van der Waals surface area (Å²) < 4.78 is 23.5. The molecular weight excluding hydrogens is 476 g/mol. The predicted molar refractivity (Wildman–Crippen MR) is 120 cm³/mol. The average Bonchev–Trinajstić information content (AvgIpc) is 3.39. The zero-order valence-corrected chi connectivity index (χ0v) is 19.3. The van der Waals surface area contributed by atoms with Gasteiger partial charge in [-0.3, -0.25) is 0 Å². The Hall–Kier alpha value is -2.90. The number of carbonyl (C=O) groups excluding carboxylic acids is 2. The normalized spacial score (nSPS) is 20.2. The highest BCUT2D eigenvalue weighted by atomic mass is 79.9. The van der Waals surface area contributed by atoms with Crippen molar-refractivity contribution in [2.24, 2.45) is 0 Å². The van der Waals surface area contributed by atoms with Crippen molar-refractivity contribution in [3.8, 4) is 0 Å². The second-order valence-corrected chi connectivity index (χ2v) is 8.60. The third kappa shape index (κ3) is 5.29. The van der Waals surface area contributed by atoms with Gasteiger partial charge in [-0.2, -0.15) is 0 Å². The molecule has 1 fully saturated rings. The molecule has 1 aliphatic heterocycles. The summed E-state index contributed by atoms with van der Waals surface area (Å²) >= 11 is 3.29. The lowest BCUT2D eigenvalue weighted by molar-refractivity contribution is -0.0458. The minimum Gasteiger partial charge on any atom is -0.459 e. The molecule has 0 aliphatic carbocycles. The van der Waals surface area contributed by atoms with E-state index in [9.17, 15) is 9.59 Å². The topological polar surface area (TPSA) is 75.0 Å². The SMILES string of the molecule is Cc1ccc(C(=O)OC[C@H]2O[C@@H](c3ccc(Br)o3)C[C@@H]2OC(=O)c2ccc(C)cc2)cc1.